The first-order valence-corrected chi connectivity index (χ1v) is 10.6. The zero-order chi connectivity index (χ0) is 18.8. The van der Waals surface area contributed by atoms with Crippen molar-refractivity contribution in [1.82, 2.24) is 24.6 Å². The van der Waals surface area contributed by atoms with Gasteiger partial charge in [0.2, 0.25) is 11.6 Å². The molecule has 1 amide bonds. The summed E-state index contributed by atoms with van der Waals surface area (Å²) in [6, 6.07) is 9.62. The van der Waals surface area contributed by atoms with E-state index in [9.17, 15) is 9.59 Å². The third-order valence-corrected chi connectivity index (χ3v) is 7.05. The van der Waals surface area contributed by atoms with Crippen molar-refractivity contribution >= 4 is 47.2 Å². The van der Waals surface area contributed by atoms with Crippen LogP contribution < -0.4 is 0 Å². The van der Waals surface area contributed by atoms with Crippen LogP contribution in [-0.4, -0.2) is 54.4 Å². The number of nitrogens with zero attached hydrogens (tertiary/aromatic N) is 5. The van der Waals surface area contributed by atoms with Gasteiger partial charge >= 0.3 is 5.97 Å². The Morgan fingerprint density at radius 2 is 2.11 bits per heavy atom. The Labute approximate surface area is 166 Å². The van der Waals surface area contributed by atoms with E-state index in [1.165, 1.54) is 18.0 Å². The number of aromatic carboxylic acids is 1. The second-order valence-corrected chi connectivity index (χ2v) is 8.91. The van der Waals surface area contributed by atoms with Gasteiger partial charge in [-0.3, -0.25) is 9.36 Å². The first-order valence-electron chi connectivity index (χ1n) is 7.87. The highest BCUT2D eigenvalue weighted by atomic mass is 32.2. The smallest absolute Gasteiger partial charge is 0.347 e. The summed E-state index contributed by atoms with van der Waals surface area (Å²) in [6.07, 6.45) is 2.17. The molecule has 1 saturated heterocycles. The van der Waals surface area contributed by atoms with Crippen molar-refractivity contribution in [3.63, 3.8) is 0 Å². The van der Waals surface area contributed by atoms with Gasteiger partial charge < -0.3 is 10.0 Å². The molecule has 1 fully saturated rings. The monoisotopic (exact) mass is 419 g/mol. The highest BCUT2D eigenvalue weighted by molar-refractivity contribution is 8.01. The molecule has 0 bridgehead atoms. The molecule has 27 heavy (non-hydrogen) atoms. The van der Waals surface area contributed by atoms with Gasteiger partial charge in [-0.25, -0.2) is 9.78 Å². The average molecular weight is 420 g/mol. The van der Waals surface area contributed by atoms with E-state index in [1.54, 1.807) is 16.7 Å². The number of para-hydroxylation sites is 1. The van der Waals surface area contributed by atoms with Crippen LogP contribution in [0.3, 0.4) is 0 Å². The number of carboxylic acids is 1. The summed E-state index contributed by atoms with van der Waals surface area (Å²) in [5, 5.41) is 18.1. The summed E-state index contributed by atoms with van der Waals surface area (Å²) in [4.78, 5) is 28.5. The van der Waals surface area contributed by atoms with Crippen molar-refractivity contribution < 1.29 is 14.7 Å². The third-order valence-electron chi connectivity index (χ3n) is 3.83. The van der Waals surface area contributed by atoms with Crippen molar-refractivity contribution in [1.29, 1.82) is 0 Å². The summed E-state index contributed by atoms with van der Waals surface area (Å²) in [5.41, 5.74) is 0.869. The van der Waals surface area contributed by atoms with Gasteiger partial charge in [-0.15, -0.1) is 33.3 Å². The number of amides is 1. The molecule has 3 aromatic rings. The molecule has 0 saturated carbocycles. The fraction of sp³-hybridized carbons (Fsp3) is 0.188. The first kappa shape index (κ1) is 18.0. The minimum atomic E-state index is -1.01. The molecule has 0 aliphatic carbocycles. The van der Waals surface area contributed by atoms with Crippen LogP contribution in [-0.2, 0) is 4.79 Å². The van der Waals surface area contributed by atoms with Crippen LogP contribution in [0.25, 0.3) is 5.69 Å². The number of aromatic nitrogens is 4. The van der Waals surface area contributed by atoms with E-state index in [2.05, 4.69) is 15.2 Å². The molecule has 0 radical (unpaired) electrons. The SMILES string of the molecule is O=CN1CCSC1c1nnc(Sc2ncc(C(=O)O)s2)n1-c1ccccc1. The second-order valence-electron chi connectivity index (χ2n) is 5.48. The van der Waals surface area contributed by atoms with Crippen LogP contribution in [0, 0.1) is 0 Å². The Balaban J connectivity index is 1.75. The molecule has 1 unspecified atom stereocenters. The summed E-state index contributed by atoms with van der Waals surface area (Å²) in [6.45, 7) is 0.664. The average Bonchev–Trinajstić information content (AvgIpc) is 3.41. The maximum Gasteiger partial charge on any atom is 0.347 e. The molecular weight excluding hydrogens is 406 g/mol. The van der Waals surface area contributed by atoms with Gasteiger partial charge in [-0.05, 0) is 23.9 Å². The van der Waals surface area contributed by atoms with E-state index < -0.39 is 5.97 Å². The molecule has 0 spiro atoms. The number of benzene rings is 1. The van der Waals surface area contributed by atoms with Crippen molar-refractivity contribution in [3.05, 3.63) is 47.2 Å². The van der Waals surface area contributed by atoms with Crippen LogP contribution in [0.2, 0.25) is 0 Å². The number of carbonyl (C=O) groups excluding carboxylic acids is 1. The lowest BCUT2D eigenvalue weighted by atomic mass is 10.3. The van der Waals surface area contributed by atoms with Gasteiger partial charge in [0.25, 0.3) is 0 Å². The van der Waals surface area contributed by atoms with Gasteiger partial charge in [0.1, 0.15) is 10.3 Å². The number of carboxylic acid groups (broad SMARTS) is 1. The summed E-state index contributed by atoms with van der Waals surface area (Å²) < 4.78 is 2.46. The van der Waals surface area contributed by atoms with E-state index in [1.807, 2.05) is 34.9 Å². The lowest BCUT2D eigenvalue weighted by molar-refractivity contribution is -0.118. The molecule has 4 rings (SSSR count). The molecule has 2 aromatic heterocycles. The largest absolute Gasteiger partial charge is 0.477 e. The van der Waals surface area contributed by atoms with E-state index >= 15 is 0 Å². The number of hydrogen-bond donors (Lipinski definition) is 1. The topological polar surface area (TPSA) is 101 Å². The van der Waals surface area contributed by atoms with Crippen LogP contribution in [0.5, 0.6) is 0 Å². The van der Waals surface area contributed by atoms with Crippen LogP contribution in [0.4, 0.5) is 0 Å². The van der Waals surface area contributed by atoms with Crippen LogP contribution in [0.1, 0.15) is 20.9 Å². The number of thioether (sulfide) groups is 1. The molecule has 138 valence electrons. The Kier molecular flexibility index (Phi) is 5.14. The van der Waals surface area contributed by atoms with Crippen molar-refractivity contribution in [2.24, 2.45) is 0 Å². The number of hydrogen-bond acceptors (Lipinski definition) is 8. The van der Waals surface area contributed by atoms with Gasteiger partial charge in [0.05, 0.1) is 6.20 Å². The van der Waals surface area contributed by atoms with Gasteiger partial charge in [0, 0.05) is 18.0 Å². The highest BCUT2D eigenvalue weighted by Crippen LogP contribution is 2.39. The maximum absolute atomic E-state index is 11.4. The molecule has 1 aromatic carbocycles. The highest BCUT2D eigenvalue weighted by Gasteiger charge is 2.32. The lowest BCUT2D eigenvalue weighted by Gasteiger charge is -2.19. The van der Waals surface area contributed by atoms with E-state index in [0.29, 0.717) is 21.9 Å². The lowest BCUT2D eigenvalue weighted by Crippen LogP contribution is -2.23. The Hall–Kier alpha value is -2.37. The summed E-state index contributed by atoms with van der Waals surface area (Å²) in [7, 11) is 0. The Bertz CT molecular complexity index is 975. The quantitative estimate of drug-likeness (QED) is 0.609. The molecule has 1 N–H and O–H groups in total. The Morgan fingerprint density at radius 3 is 2.81 bits per heavy atom. The maximum atomic E-state index is 11.4. The zero-order valence-electron chi connectivity index (χ0n) is 13.8. The number of rotatable bonds is 6. The fourth-order valence-corrected chi connectivity index (χ4v) is 5.59. The normalized spacial score (nSPS) is 16.6. The van der Waals surface area contributed by atoms with Crippen LogP contribution >= 0.6 is 34.9 Å². The molecule has 1 aliphatic rings. The molecule has 1 atom stereocenters. The molecule has 1 aliphatic heterocycles. The zero-order valence-corrected chi connectivity index (χ0v) is 16.2. The fourth-order valence-electron chi connectivity index (χ4n) is 2.62. The predicted molar refractivity (Wildman–Crippen MR) is 103 cm³/mol. The van der Waals surface area contributed by atoms with Gasteiger partial charge in [-0.2, -0.15) is 0 Å². The van der Waals surface area contributed by atoms with Crippen molar-refractivity contribution in [2.45, 2.75) is 14.9 Å². The standard InChI is InChI=1S/C16H13N5O3S3/c22-9-20-6-7-25-13(20)12-18-19-15(21(12)10-4-2-1-3-5-10)27-16-17-8-11(26-16)14(23)24/h1-5,8-9,13H,6-7H2,(H,23,24). The first-order chi connectivity index (χ1) is 13.2. The van der Waals surface area contributed by atoms with Crippen molar-refractivity contribution in [3.8, 4) is 5.69 Å². The van der Waals surface area contributed by atoms with E-state index in [-0.39, 0.29) is 10.3 Å². The van der Waals surface area contributed by atoms with Gasteiger partial charge in [-0.1, -0.05) is 18.2 Å². The van der Waals surface area contributed by atoms with Crippen molar-refractivity contribution in [2.75, 3.05) is 12.3 Å². The number of carbonyl (C=O) groups is 2. The summed E-state index contributed by atoms with van der Waals surface area (Å²) >= 11 is 3.97. The summed E-state index contributed by atoms with van der Waals surface area (Å²) in [5.74, 6) is 0.490. The second kappa shape index (κ2) is 7.71. The van der Waals surface area contributed by atoms with Crippen LogP contribution in [0.15, 0.2) is 46.0 Å². The predicted octanol–water partition coefficient (Wildman–Crippen LogP) is 2.78. The van der Waals surface area contributed by atoms with E-state index in [4.69, 9.17) is 5.11 Å². The molecule has 11 heteroatoms. The minimum absolute atomic E-state index is 0.168. The van der Waals surface area contributed by atoms with Gasteiger partial charge in [0.15, 0.2) is 10.2 Å². The third kappa shape index (κ3) is 3.57. The minimum Gasteiger partial charge on any atom is -0.477 e. The molecule has 3 heterocycles. The molecular formula is C16H13N5O3S3. The van der Waals surface area contributed by atoms with E-state index in [0.717, 1.165) is 29.2 Å². The molecule has 8 nitrogen and oxygen atoms in total. The Morgan fingerprint density at radius 1 is 1.30 bits per heavy atom. The number of thiazole rings is 1.